The molecule has 1 saturated heterocycles. The van der Waals surface area contributed by atoms with Crippen molar-refractivity contribution in [2.45, 2.75) is 96.9 Å². The number of hydrogen-bond acceptors (Lipinski definition) is 4. The van der Waals surface area contributed by atoms with Gasteiger partial charge in [0.25, 0.3) is 0 Å². The van der Waals surface area contributed by atoms with Crippen LogP contribution in [0.15, 0.2) is 72.8 Å². The predicted molar refractivity (Wildman–Crippen MR) is 154 cm³/mol. The Hall–Kier alpha value is -2.42. The molecular formula is C34H46O4. The quantitative estimate of drug-likeness (QED) is 0.137. The van der Waals surface area contributed by atoms with E-state index in [1.165, 1.54) is 31.2 Å². The SMILES string of the molecule is CCCCCCCC#CC(/C=C/C(C)COCc1ccccc1)(OCc1ccccc1)[C@@H]1COC(C)(C)O1. The van der Waals surface area contributed by atoms with Crippen molar-refractivity contribution in [3.05, 3.63) is 83.9 Å². The Morgan fingerprint density at radius 1 is 0.974 bits per heavy atom. The molecule has 0 aliphatic carbocycles. The summed E-state index contributed by atoms with van der Waals surface area (Å²) < 4.78 is 25.0. The molecule has 2 unspecified atom stereocenters. The molecule has 0 saturated carbocycles. The van der Waals surface area contributed by atoms with Gasteiger partial charge in [-0.05, 0) is 43.4 Å². The van der Waals surface area contributed by atoms with Gasteiger partial charge in [0.1, 0.15) is 6.10 Å². The number of benzene rings is 2. The summed E-state index contributed by atoms with van der Waals surface area (Å²) in [5, 5.41) is 0. The van der Waals surface area contributed by atoms with Crippen LogP contribution in [0.5, 0.6) is 0 Å². The smallest absolute Gasteiger partial charge is 0.175 e. The highest BCUT2D eigenvalue weighted by Gasteiger charge is 2.46. The average molecular weight is 519 g/mol. The molecule has 2 aromatic carbocycles. The minimum Gasteiger partial charge on any atom is -0.376 e. The zero-order valence-electron chi connectivity index (χ0n) is 23.8. The van der Waals surface area contributed by atoms with E-state index in [9.17, 15) is 0 Å². The van der Waals surface area contributed by atoms with Crippen molar-refractivity contribution in [3.63, 3.8) is 0 Å². The van der Waals surface area contributed by atoms with Gasteiger partial charge < -0.3 is 18.9 Å². The molecule has 1 aliphatic heterocycles. The third kappa shape index (κ3) is 10.4. The number of hydrogen-bond donors (Lipinski definition) is 0. The Morgan fingerprint density at radius 3 is 2.26 bits per heavy atom. The Morgan fingerprint density at radius 2 is 1.63 bits per heavy atom. The summed E-state index contributed by atoms with van der Waals surface area (Å²) in [6, 6.07) is 20.5. The Labute approximate surface area is 230 Å². The molecular weight excluding hydrogens is 472 g/mol. The van der Waals surface area contributed by atoms with Crippen LogP contribution in [0.2, 0.25) is 0 Å². The molecule has 4 heteroatoms. The van der Waals surface area contributed by atoms with Gasteiger partial charge in [0, 0.05) is 6.42 Å². The first-order valence-corrected chi connectivity index (χ1v) is 14.2. The average Bonchev–Trinajstić information content (AvgIpc) is 3.30. The van der Waals surface area contributed by atoms with Crippen LogP contribution in [0, 0.1) is 17.8 Å². The van der Waals surface area contributed by atoms with Gasteiger partial charge >= 0.3 is 0 Å². The van der Waals surface area contributed by atoms with Crippen molar-refractivity contribution in [3.8, 4) is 11.8 Å². The van der Waals surface area contributed by atoms with Gasteiger partial charge in [-0.15, -0.1) is 0 Å². The fraction of sp³-hybridized carbons (Fsp3) is 0.529. The van der Waals surface area contributed by atoms with Gasteiger partial charge in [0.05, 0.1) is 26.4 Å². The minimum atomic E-state index is -0.916. The number of ether oxygens (including phenoxy) is 4. The van der Waals surface area contributed by atoms with E-state index in [-0.39, 0.29) is 12.0 Å². The van der Waals surface area contributed by atoms with E-state index in [1.807, 2.05) is 50.2 Å². The van der Waals surface area contributed by atoms with Gasteiger partial charge in [0.2, 0.25) is 0 Å². The second kappa shape index (κ2) is 15.9. The molecule has 0 spiro atoms. The maximum absolute atomic E-state index is 6.66. The van der Waals surface area contributed by atoms with Gasteiger partial charge in [-0.2, -0.15) is 0 Å². The predicted octanol–water partition coefficient (Wildman–Crippen LogP) is 7.87. The summed E-state index contributed by atoms with van der Waals surface area (Å²) >= 11 is 0. The lowest BCUT2D eigenvalue weighted by molar-refractivity contribution is -0.162. The second-order valence-corrected chi connectivity index (χ2v) is 10.7. The first kappa shape index (κ1) is 30.1. The van der Waals surface area contributed by atoms with Crippen LogP contribution in [0.1, 0.15) is 77.3 Å². The first-order valence-electron chi connectivity index (χ1n) is 14.2. The summed E-state index contributed by atoms with van der Waals surface area (Å²) in [7, 11) is 0. The van der Waals surface area contributed by atoms with Gasteiger partial charge in [-0.1, -0.05) is 118 Å². The van der Waals surface area contributed by atoms with Crippen LogP contribution in [-0.2, 0) is 32.2 Å². The molecule has 0 bridgehead atoms. The van der Waals surface area contributed by atoms with E-state index in [4.69, 9.17) is 18.9 Å². The van der Waals surface area contributed by atoms with Crippen LogP contribution < -0.4 is 0 Å². The first-order chi connectivity index (χ1) is 18.4. The monoisotopic (exact) mass is 518 g/mol. The maximum Gasteiger partial charge on any atom is 0.175 e. The molecule has 0 radical (unpaired) electrons. The molecule has 4 nitrogen and oxygen atoms in total. The summed E-state index contributed by atoms with van der Waals surface area (Å²) in [6.45, 7) is 10.4. The van der Waals surface area contributed by atoms with E-state index in [0.717, 1.165) is 18.4 Å². The van der Waals surface area contributed by atoms with E-state index >= 15 is 0 Å². The van der Waals surface area contributed by atoms with Crippen LogP contribution in [0.25, 0.3) is 0 Å². The molecule has 1 heterocycles. The zero-order chi connectivity index (χ0) is 27.1. The molecule has 2 aromatic rings. The number of rotatable bonds is 15. The van der Waals surface area contributed by atoms with E-state index in [2.05, 4.69) is 62.1 Å². The largest absolute Gasteiger partial charge is 0.376 e. The van der Waals surface area contributed by atoms with Gasteiger partial charge in [0.15, 0.2) is 11.4 Å². The highest BCUT2D eigenvalue weighted by atomic mass is 16.8. The lowest BCUT2D eigenvalue weighted by atomic mass is 9.94. The molecule has 1 aliphatic rings. The normalized spacial score (nSPS) is 19.1. The summed E-state index contributed by atoms with van der Waals surface area (Å²) in [5.74, 6) is 6.46. The zero-order valence-corrected chi connectivity index (χ0v) is 23.8. The van der Waals surface area contributed by atoms with Crippen molar-refractivity contribution >= 4 is 0 Å². The Bertz CT molecular complexity index is 1010. The fourth-order valence-electron chi connectivity index (χ4n) is 4.40. The van der Waals surface area contributed by atoms with Crippen LogP contribution >= 0.6 is 0 Å². The molecule has 0 aromatic heterocycles. The van der Waals surface area contributed by atoms with E-state index < -0.39 is 11.4 Å². The van der Waals surface area contributed by atoms with Crippen molar-refractivity contribution in [2.75, 3.05) is 13.2 Å². The van der Waals surface area contributed by atoms with Crippen molar-refractivity contribution in [2.24, 2.45) is 5.92 Å². The lowest BCUT2D eigenvalue weighted by Gasteiger charge is -2.32. The number of unbranched alkanes of at least 4 members (excludes halogenated alkanes) is 5. The van der Waals surface area contributed by atoms with Gasteiger partial charge in [-0.25, -0.2) is 0 Å². The summed E-state index contributed by atoms with van der Waals surface area (Å²) in [5.41, 5.74) is 1.36. The Balaban J connectivity index is 1.75. The molecule has 3 atom stereocenters. The van der Waals surface area contributed by atoms with Crippen LogP contribution in [-0.4, -0.2) is 30.7 Å². The lowest BCUT2D eigenvalue weighted by Crippen LogP contribution is -2.44. The Kier molecular flexibility index (Phi) is 12.6. The second-order valence-electron chi connectivity index (χ2n) is 10.7. The molecule has 1 fully saturated rings. The molecule has 0 amide bonds. The molecule has 38 heavy (non-hydrogen) atoms. The van der Waals surface area contributed by atoms with Crippen molar-refractivity contribution in [1.82, 2.24) is 0 Å². The van der Waals surface area contributed by atoms with Crippen LogP contribution in [0.3, 0.4) is 0 Å². The molecule has 3 rings (SSSR count). The van der Waals surface area contributed by atoms with Crippen LogP contribution in [0.4, 0.5) is 0 Å². The standard InChI is InChI=1S/C34H46O4/c1-5-6-7-8-9-10-17-23-34(32-28-36-33(3,4)38-32,37-27-31-20-15-12-16-21-31)24-22-29(2)25-35-26-30-18-13-11-14-19-30/h11-16,18-22,24,29,32H,5-10,25-28H2,1-4H3/b24-22+/t29?,32-,34?/m0/s1. The molecule has 0 N–H and O–H groups in total. The highest BCUT2D eigenvalue weighted by molar-refractivity contribution is 5.28. The van der Waals surface area contributed by atoms with E-state index in [0.29, 0.717) is 26.4 Å². The third-order valence-corrected chi connectivity index (χ3v) is 6.66. The minimum absolute atomic E-state index is 0.185. The van der Waals surface area contributed by atoms with Gasteiger partial charge in [-0.3, -0.25) is 0 Å². The van der Waals surface area contributed by atoms with E-state index in [1.54, 1.807) is 0 Å². The van der Waals surface area contributed by atoms with Crippen molar-refractivity contribution < 1.29 is 18.9 Å². The van der Waals surface area contributed by atoms with Crippen molar-refractivity contribution in [1.29, 1.82) is 0 Å². The fourth-order valence-corrected chi connectivity index (χ4v) is 4.40. The summed E-state index contributed by atoms with van der Waals surface area (Å²) in [6.07, 6.45) is 10.9. The summed E-state index contributed by atoms with van der Waals surface area (Å²) in [4.78, 5) is 0. The highest BCUT2D eigenvalue weighted by Crippen LogP contribution is 2.33. The third-order valence-electron chi connectivity index (χ3n) is 6.66. The maximum atomic E-state index is 6.66. The topological polar surface area (TPSA) is 36.9 Å². The molecule has 206 valence electrons.